The first kappa shape index (κ1) is 26.9. The average Bonchev–Trinajstić information content (AvgIpc) is 3.35. The maximum atomic E-state index is 4.40. The van der Waals surface area contributed by atoms with Crippen molar-refractivity contribution in [3.63, 3.8) is 0 Å². The van der Waals surface area contributed by atoms with Crippen LogP contribution in [0.3, 0.4) is 0 Å². The maximum Gasteiger partial charge on any atom is 0.0541 e. The molecule has 0 bridgehead atoms. The summed E-state index contributed by atoms with van der Waals surface area (Å²) in [6.07, 6.45) is 7.52. The van der Waals surface area contributed by atoms with Crippen molar-refractivity contribution in [3.8, 4) is 50.2 Å². The Bertz CT molecular complexity index is 2280. The fourth-order valence-corrected chi connectivity index (χ4v) is 7.93. The lowest BCUT2D eigenvalue weighted by molar-refractivity contribution is 1.17. The minimum Gasteiger partial charge on any atom is -0.309 e. The molecule has 0 spiro atoms. The molecule has 0 saturated carbocycles. The van der Waals surface area contributed by atoms with E-state index in [1.165, 1.54) is 60.9 Å². The van der Waals surface area contributed by atoms with E-state index in [4.69, 9.17) is 0 Å². The molecule has 5 aromatic carbocycles. The van der Waals surface area contributed by atoms with Crippen molar-refractivity contribution in [1.82, 2.24) is 14.5 Å². The van der Waals surface area contributed by atoms with Crippen LogP contribution in [0.5, 0.6) is 0 Å². The zero-order valence-electron chi connectivity index (χ0n) is 25.1. The molecule has 0 unspecified atom stereocenters. The van der Waals surface area contributed by atoms with Crippen molar-refractivity contribution in [1.29, 1.82) is 0 Å². The van der Waals surface area contributed by atoms with E-state index in [9.17, 15) is 0 Å². The molecule has 4 heterocycles. The van der Waals surface area contributed by atoms with Gasteiger partial charge >= 0.3 is 0 Å². The summed E-state index contributed by atoms with van der Waals surface area (Å²) in [6, 6.07) is 46.6. The van der Waals surface area contributed by atoms with E-state index in [0.29, 0.717) is 0 Å². The number of fused-ring (bicyclic) bond motifs is 6. The summed E-state index contributed by atoms with van der Waals surface area (Å²) in [4.78, 5) is 8.80. The Morgan fingerprint density at radius 2 is 1.07 bits per heavy atom. The normalized spacial score (nSPS) is 12.5. The molecule has 0 aliphatic carbocycles. The Balaban J connectivity index is 1.19. The van der Waals surface area contributed by atoms with Gasteiger partial charge in [0.05, 0.1) is 11.0 Å². The van der Waals surface area contributed by atoms with Crippen LogP contribution in [0.25, 0.3) is 72.0 Å². The van der Waals surface area contributed by atoms with Gasteiger partial charge in [-0.15, -0.1) is 0 Å². The van der Waals surface area contributed by atoms with Gasteiger partial charge in [-0.1, -0.05) is 66.7 Å². The molecule has 0 fully saturated rings. The fourth-order valence-electron chi connectivity index (χ4n) is 6.90. The molecule has 46 heavy (non-hydrogen) atoms. The van der Waals surface area contributed by atoms with Crippen LogP contribution in [0.2, 0.25) is 0 Å². The molecule has 218 valence electrons. The second kappa shape index (κ2) is 11.2. The van der Waals surface area contributed by atoms with E-state index in [0.717, 1.165) is 33.8 Å². The molecule has 1 aliphatic heterocycles. The third kappa shape index (κ3) is 4.61. The van der Waals surface area contributed by atoms with Gasteiger partial charge < -0.3 is 4.57 Å². The van der Waals surface area contributed by atoms with Crippen LogP contribution in [-0.2, 0) is 11.5 Å². The molecule has 9 rings (SSSR count). The zero-order chi connectivity index (χ0) is 30.5. The number of benzene rings is 5. The molecule has 0 atom stereocenters. The molecular formula is C42H29N3S. The molecule has 1 aliphatic rings. The monoisotopic (exact) mass is 607 g/mol. The van der Waals surface area contributed by atoms with Crippen molar-refractivity contribution in [2.45, 2.75) is 11.5 Å². The fraction of sp³-hybridized carbons (Fsp3) is 0.0476. The van der Waals surface area contributed by atoms with Gasteiger partial charge in [0, 0.05) is 63.9 Å². The second-order valence-electron chi connectivity index (χ2n) is 11.9. The van der Waals surface area contributed by atoms with Crippen LogP contribution >= 0.6 is 11.8 Å². The number of rotatable bonds is 4. The number of para-hydroxylation sites is 2. The zero-order valence-corrected chi connectivity index (χ0v) is 25.9. The molecule has 4 heteroatoms. The first-order valence-electron chi connectivity index (χ1n) is 15.6. The molecule has 3 nitrogen and oxygen atoms in total. The van der Waals surface area contributed by atoms with Gasteiger partial charge in [-0.3, -0.25) is 9.97 Å². The molecular weight excluding hydrogens is 579 g/mol. The van der Waals surface area contributed by atoms with E-state index in [1.807, 2.05) is 48.7 Å². The summed E-state index contributed by atoms with van der Waals surface area (Å²) in [5.41, 5.74) is 16.0. The van der Waals surface area contributed by atoms with Gasteiger partial charge in [0.15, 0.2) is 0 Å². The van der Waals surface area contributed by atoms with Crippen molar-refractivity contribution < 1.29 is 0 Å². The smallest absolute Gasteiger partial charge is 0.0541 e. The van der Waals surface area contributed by atoms with E-state index in [-0.39, 0.29) is 0 Å². The third-order valence-corrected chi connectivity index (χ3v) is 10.1. The summed E-state index contributed by atoms with van der Waals surface area (Å²) in [5.74, 6) is 1.97. The van der Waals surface area contributed by atoms with Gasteiger partial charge in [0.25, 0.3) is 0 Å². The van der Waals surface area contributed by atoms with Crippen molar-refractivity contribution in [2.75, 3.05) is 0 Å². The van der Waals surface area contributed by atoms with E-state index >= 15 is 0 Å². The van der Waals surface area contributed by atoms with Gasteiger partial charge in [0.2, 0.25) is 0 Å². The Morgan fingerprint density at radius 1 is 0.457 bits per heavy atom. The topological polar surface area (TPSA) is 30.7 Å². The molecule has 0 radical (unpaired) electrons. The highest BCUT2D eigenvalue weighted by Crippen LogP contribution is 2.41. The number of nitrogens with zero attached hydrogens (tertiary/aromatic N) is 3. The largest absolute Gasteiger partial charge is 0.309 e. The van der Waals surface area contributed by atoms with Crippen LogP contribution in [-0.4, -0.2) is 14.5 Å². The first-order chi connectivity index (χ1) is 22.8. The van der Waals surface area contributed by atoms with Crippen molar-refractivity contribution >= 4 is 33.6 Å². The SMILES string of the molecule is c1cncc(-c2cc(-c3cccnc3)cc(-c3ccc4c(c3)-c3ccc(-n5c6ccccc6c6ccccc65)cc3CSC4)c2)c1. The standard InChI is InChI=1S/C42H29N3S/c1-3-11-41-38(9-1)39-10-2-4-12-42(39)45(41)36-15-16-37-35(22-36)27-46-26-31-14-13-28(23-40(31)37)32-19-33(29-7-5-17-43-24-29)21-34(20-32)30-8-6-18-44-25-30/h1-25H,26-27H2. The maximum absolute atomic E-state index is 4.40. The minimum absolute atomic E-state index is 0.978. The number of hydrogen-bond donors (Lipinski definition) is 0. The second-order valence-corrected chi connectivity index (χ2v) is 12.8. The van der Waals surface area contributed by atoms with Crippen LogP contribution in [0.1, 0.15) is 11.1 Å². The molecule has 0 saturated heterocycles. The van der Waals surface area contributed by atoms with Crippen LogP contribution in [0.4, 0.5) is 0 Å². The predicted molar refractivity (Wildman–Crippen MR) is 193 cm³/mol. The number of pyridine rings is 2. The molecule has 0 N–H and O–H groups in total. The van der Waals surface area contributed by atoms with Crippen LogP contribution in [0, 0.1) is 0 Å². The lowest BCUT2D eigenvalue weighted by atomic mass is 9.90. The van der Waals surface area contributed by atoms with E-state index in [1.54, 1.807) is 0 Å². The van der Waals surface area contributed by atoms with Gasteiger partial charge in [0.1, 0.15) is 0 Å². The summed E-state index contributed by atoms with van der Waals surface area (Å²) < 4.78 is 2.42. The van der Waals surface area contributed by atoms with Crippen LogP contribution in [0.15, 0.2) is 152 Å². The van der Waals surface area contributed by atoms with Gasteiger partial charge in [-0.05, 0) is 105 Å². The first-order valence-corrected chi connectivity index (χ1v) is 16.7. The van der Waals surface area contributed by atoms with Crippen LogP contribution < -0.4 is 0 Å². The Kier molecular flexibility index (Phi) is 6.53. The average molecular weight is 608 g/mol. The van der Waals surface area contributed by atoms with Crippen molar-refractivity contribution in [2.24, 2.45) is 0 Å². The third-order valence-electron chi connectivity index (χ3n) is 9.10. The van der Waals surface area contributed by atoms with E-state index in [2.05, 4.69) is 130 Å². The Morgan fingerprint density at radius 3 is 1.70 bits per heavy atom. The summed E-state index contributed by atoms with van der Waals surface area (Å²) in [5, 5.41) is 2.58. The summed E-state index contributed by atoms with van der Waals surface area (Å²) in [7, 11) is 0. The highest BCUT2D eigenvalue weighted by atomic mass is 32.2. The number of hydrogen-bond acceptors (Lipinski definition) is 3. The highest BCUT2D eigenvalue weighted by molar-refractivity contribution is 7.97. The van der Waals surface area contributed by atoms with Crippen molar-refractivity contribution in [3.05, 3.63) is 163 Å². The van der Waals surface area contributed by atoms with Gasteiger partial charge in [-0.2, -0.15) is 11.8 Å². The Labute approximate surface area is 272 Å². The highest BCUT2D eigenvalue weighted by Gasteiger charge is 2.19. The minimum atomic E-state index is 0.978. The van der Waals surface area contributed by atoms with E-state index < -0.39 is 0 Å². The number of aromatic nitrogens is 3. The van der Waals surface area contributed by atoms with Gasteiger partial charge in [-0.25, -0.2) is 0 Å². The molecule has 3 aromatic heterocycles. The predicted octanol–water partition coefficient (Wildman–Crippen LogP) is 11.0. The summed E-state index contributed by atoms with van der Waals surface area (Å²) >= 11 is 1.99. The summed E-state index contributed by atoms with van der Waals surface area (Å²) in [6.45, 7) is 0. The lowest BCUT2D eigenvalue weighted by Crippen LogP contribution is -1.97. The quantitative estimate of drug-likeness (QED) is 0.199. The Hall–Kier alpha value is -5.45. The number of thioether (sulfide) groups is 1. The molecule has 8 aromatic rings. The molecule has 0 amide bonds. The lowest BCUT2D eigenvalue weighted by Gasteiger charge is -2.16.